The fourth-order valence-electron chi connectivity index (χ4n) is 9.28. The van der Waals surface area contributed by atoms with E-state index in [2.05, 4.69) is 254 Å². The Labute approximate surface area is 373 Å². The minimum atomic E-state index is 0.931. The van der Waals surface area contributed by atoms with E-state index in [4.69, 9.17) is 4.99 Å². The number of para-hydroxylation sites is 3. The summed E-state index contributed by atoms with van der Waals surface area (Å²) in [5.41, 5.74) is 18.2. The van der Waals surface area contributed by atoms with Gasteiger partial charge in [0.2, 0.25) is 0 Å². The molecule has 11 rings (SSSR count). The summed E-state index contributed by atoms with van der Waals surface area (Å²) < 4.78 is 4.78. The monoisotopic (exact) mass is 819 g/mol. The van der Waals surface area contributed by atoms with E-state index >= 15 is 0 Å². The number of nitrogens with zero attached hydrogens (tertiary/aromatic N) is 3. The predicted octanol–water partition coefficient (Wildman–Crippen LogP) is 16.2. The van der Waals surface area contributed by atoms with Crippen LogP contribution >= 0.6 is 0 Å². The molecule has 2 aromatic heterocycles. The summed E-state index contributed by atoms with van der Waals surface area (Å²) in [5.74, 6) is 0. The largest absolute Gasteiger partial charge is 0.309 e. The summed E-state index contributed by atoms with van der Waals surface area (Å²) in [6.45, 7) is 4.21. The predicted molar refractivity (Wildman–Crippen MR) is 273 cm³/mol. The molecule has 0 saturated carbocycles. The van der Waals surface area contributed by atoms with Gasteiger partial charge in [0.05, 0.1) is 33.5 Å². The van der Waals surface area contributed by atoms with Crippen LogP contribution in [0.1, 0.15) is 30.5 Å². The first-order valence-electron chi connectivity index (χ1n) is 22.0. The van der Waals surface area contributed by atoms with Crippen LogP contribution in [0.3, 0.4) is 0 Å². The standard InChI is InChI=1S/C61H45N3/c1-3-56(62-57(46-19-9-5-10-20-46)39-42(2)43-17-7-4-8-18-43)47-29-27-44(28-30-47)45-31-35-51(36-32-45)64-58-25-15-13-23-52(58)54-37-33-49(41-61(54)64)48-34-38-60-55(40-48)53-24-14-16-26-59(53)63(60)50-21-11-6-12-22-50/h3-41H,1-2H3/b42-39+,56-3-,62-57+. The third-order valence-electron chi connectivity index (χ3n) is 12.5. The van der Waals surface area contributed by atoms with Crippen LogP contribution in [0.5, 0.6) is 0 Å². The summed E-state index contributed by atoms with van der Waals surface area (Å²) in [6, 6.07) is 80.7. The maximum absolute atomic E-state index is 5.25. The molecule has 9 aromatic carbocycles. The van der Waals surface area contributed by atoms with E-state index in [9.17, 15) is 0 Å². The first kappa shape index (κ1) is 38.6. The molecule has 0 aliphatic carbocycles. The van der Waals surface area contributed by atoms with E-state index in [0.717, 1.165) is 39.3 Å². The second-order valence-electron chi connectivity index (χ2n) is 16.4. The molecule has 304 valence electrons. The van der Waals surface area contributed by atoms with Gasteiger partial charge in [-0.05, 0) is 113 Å². The molecule has 0 fully saturated rings. The van der Waals surface area contributed by atoms with Crippen molar-refractivity contribution < 1.29 is 0 Å². The molecule has 0 unspecified atom stereocenters. The molecule has 0 atom stereocenters. The summed E-state index contributed by atoms with van der Waals surface area (Å²) in [6.07, 6.45) is 4.28. The number of hydrogen-bond acceptors (Lipinski definition) is 1. The molecule has 0 amide bonds. The van der Waals surface area contributed by atoms with Crippen LogP contribution in [0.4, 0.5) is 0 Å². The number of fused-ring (bicyclic) bond motifs is 6. The molecule has 0 N–H and O–H groups in total. The van der Waals surface area contributed by atoms with Gasteiger partial charge in [-0.15, -0.1) is 0 Å². The first-order chi connectivity index (χ1) is 31.6. The van der Waals surface area contributed by atoms with Gasteiger partial charge in [0.25, 0.3) is 0 Å². The van der Waals surface area contributed by atoms with Crippen LogP contribution in [-0.4, -0.2) is 14.8 Å². The van der Waals surface area contributed by atoms with Crippen LogP contribution in [0.15, 0.2) is 242 Å². The maximum atomic E-state index is 5.25. The maximum Gasteiger partial charge on any atom is 0.0712 e. The van der Waals surface area contributed by atoms with Gasteiger partial charge < -0.3 is 9.13 Å². The lowest BCUT2D eigenvalue weighted by Gasteiger charge is -2.11. The third kappa shape index (κ3) is 7.03. The Morgan fingerprint density at radius 2 is 0.844 bits per heavy atom. The fourth-order valence-corrected chi connectivity index (χ4v) is 9.28. The highest BCUT2D eigenvalue weighted by atomic mass is 15.0. The van der Waals surface area contributed by atoms with Crippen molar-refractivity contribution in [3.63, 3.8) is 0 Å². The minimum Gasteiger partial charge on any atom is -0.309 e. The molecule has 3 heteroatoms. The lowest BCUT2D eigenvalue weighted by molar-refractivity contribution is 1.18. The zero-order chi connectivity index (χ0) is 43.0. The van der Waals surface area contributed by atoms with Gasteiger partial charge in [-0.25, -0.2) is 4.99 Å². The molecule has 0 bridgehead atoms. The van der Waals surface area contributed by atoms with Crippen LogP contribution in [0, 0.1) is 0 Å². The van der Waals surface area contributed by atoms with E-state index in [-0.39, 0.29) is 0 Å². The Bertz CT molecular complexity index is 3570. The van der Waals surface area contributed by atoms with Crippen molar-refractivity contribution in [2.75, 3.05) is 0 Å². The van der Waals surface area contributed by atoms with Gasteiger partial charge in [0, 0.05) is 38.5 Å². The topological polar surface area (TPSA) is 22.2 Å². The molecule has 64 heavy (non-hydrogen) atoms. The van der Waals surface area contributed by atoms with Gasteiger partial charge >= 0.3 is 0 Å². The van der Waals surface area contributed by atoms with Crippen LogP contribution in [0.25, 0.3) is 88.5 Å². The summed E-state index contributed by atoms with van der Waals surface area (Å²) >= 11 is 0. The Morgan fingerprint density at radius 1 is 0.375 bits per heavy atom. The third-order valence-corrected chi connectivity index (χ3v) is 12.5. The normalized spacial score (nSPS) is 12.5. The highest BCUT2D eigenvalue weighted by Crippen LogP contribution is 2.38. The molecule has 2 heterocycles. The van der Waals surface area contributed by atoms with Gasteiger partial charge in [0.1, 0.15) is 0 Å². The molecule has 0 aliphatic heterocycles. The molecule has 11 aromatic rings. The van der Waals surface area contributed by atoms with E-state index < -0.39 is 0 Å². The zero-order valence-electron chi connectivity index (χ0n) is 35.9. The average molecular weight is 820 g/mol. The lowest BCUT2D eigenvalue weighted by atomic mass is 10.0. The van der Waals surface area contributed by atoms with Crippen molar-refractivity contribution in [3.8, 4) is 33.6 Å². The van der Waals surface area contributed by atoms with Gasteiger partial charge in [-0.1, -0.05) is 176 Å². The van der Waals surface area contributed by atoms with E-state index in [1.165, 1.54) is 71.6 Å². The van der Waals surface area contributed by atoms with Crippen LogP contribution in [0.2, 0.25) is 0 Å². The number of benzene rings is 9. The Balaban J connectivity index is 0.927. The van der Waals surface area contributed by atoms with Crippen molar-refractivity contribution in [1.29, 1.82) is 0 Å². The summed E-state index contributed by atoms with van der Waals surface area (Å²) in [4.78, 5) is 5.25. The number of allylic oxidation sites excluding steroid dienone is 3. The molecule has 0 spiro atoms. The minimum absolute atomic E-state index is 0.931. The van der Waals surface area contributed by atoms with Gasteiger partial charge in [0.15, 0.2) is 0 Å². The fraction of sp³-hybridized carbons (Fsp3) is 0.0328. The molecule has 3 nitrogen and oxygen atoms in total. The number of aliphatic imine (C=N–C) groups is 1. The SMILES string of the molecule is C\C=C(/N=C(\C=C(/C)c1ccccc1)c1ccccc1)c1ccc(-c2ccc(-n3c4ccccc4c4ccc(-c5ccc6c(c5)c5ccccc5n6-c5ccccc5)cc43)cc2)cc1. The lowest BCUT2D eigenvalue weighted by Crippen LogP contribution is -1.99. The number of hydrogen-bond donors (Lipinski definition) is 0. The molecular weight excluding hydrogens is 775 g/mol. The van der Waals surface area contributed by atoms with E-state index in [1.807, 2.05) is 6.07 Å². The number of rotatable bonds is 9. The molecule has 0 radical (unpaired) electrons. The second-order valence-corrected chi connectivity index (χ2v) is 16.4. The average Bonchev–Trinajstić information content (AvgIpc) is 3.88. The van der Waals surface area contributed by atoms with Crippen LogP contribution in [-0.2, 0) is 0 Å². The second kappa shape index (κ2) is 16.5. The Kier molecular flexibility index (Phi) is 9.99. The molecule has 0 aliphatic rings. The van der Waals surface area contributed by atoms with Crippen LogP contribution < -0.4 is 0 Å². The van der Waals surface area contributed by atoms with E-state index in [1.54, 1.807) is 0 Å². The highest BCUT2D eigenvalue weighted by Gasteiger charge is 2.16. The summed E-state index contributed by atoms with van der Waals surface area (Å²) in [7, 11) is 0. The smallest absolute Gasteiger partial charge is 0.0712 e. The number of aromatic nitrogens is 2. The quantitative estimate of drug-likeness (QED) is 0.129. The van der Waals surface area contributed by atoms with Crippen molar-refractivity contribution in [2.24, 2.45) is 4.99 Å². The molecule has 0 saturated heterocycles. The highest BCUT2D eigenvalue weighted by molar-refractivity contribution is 6.14. The Hall–Kier alpha value is -8.27. The summed E-state index contributed by atoms with van der Waals surface area (Å²) in [5, 5.41) is 4.99. The van der Waals surface area contributed by atoms with Gasteiger partial charge in [-0.2, -0.15) is 0 Å². The van der Waals surface area contributed by atoms with E-state index in [0.29, 0.717) is 0 Å². The zero-order valence-corrected chi connectivity index (χ0v) is 35.9. The van der Waals surface area contributed by atoms with Crippen molar-refractivity contribution in [3.05, 3.63) is 253 Å². The molecular formula is C61H45N3. The first-order valence-corrected chi connectivity index (χ1v) is 22.0. The van der Waals surface area contributed by atoms with Crippen molar-refractivity contribution in [2.45, 2.75) is 13.8 Å². The van der Waals surface area contributed by atoms with Crippen molar-refractivity contribution in [1.82, 2.24) is 9.13 Å². The Morgan fingerprint density at radius 3 is 1.50 bits per heavy atom. The van der Waals surface area contributed by atoms with Gasteiger partial charge in [-0.3, -0.25) is 0 Å². The van der Waals surface area contributed by atoms with Crippen molar-refractivity contribution >= 4 is 60.6 Å².